The van der Waals surface area contributed by atoms with Gasteiger partial charge in [-0.05, 0) is 65.6 Å². The third-order valence-corrected chi connectivity index (χ3v) is 10.5. The zero-order valence-electron chi connectivity index (χ0n) is 21.4. The zero-order chi connectivity index (χ0) is 23.4. The fourth-order valence-electron chi connectivity index (χ4n) is 3.03. The molecule has 0 N–H and O–H groups in total. The fourth-order valence-corrected chi connectivity index (χ4v) is 4.49. The Bertz CT molecular complexity index is 521. The molecule has 29 heavy (non-hydrogen) atoms. The Balaban J connectivity index is 5.89. The van der Waals surface area contributed by atoms with Gasteiger partial charge in [-0.25, -0.2) is 0 Å². The molecule has 0 spiro atoms. The first-order valence-corrected chi connectivity index (χ1v) is 13.9. The number of ether oxygens (including phenoxy) is 2. The molecule has 5 heteroatoms. The van der Waals surface area contributed by atoms with E-state index in [0.29, 0.717) is 0 Å². The minimum atomic E-state index is -2.06. The molecule has 0 saturated carbocycles. The normalized spacial score (nSPS) is 17.0. The summed E-state index contributed by atoms with van der Waals surface area (Å²) < 4.78 is 18.8. The molecular weight excluding hydrogens is 380 g/mol. The molecule has 172 valence electrons. The number of carbonyl (C=O) groups excluding carboxylic acids is 1. The molecule has 0 rings (SSSR count). The number of carbonyl (C=O) groups is 1. The molecule has 0 aliphatic rings. The Kier molecular flexibility index (Phi) is 10.5. The lowest BCUT2D eigenvalue weighted by Gasteiger charge is -2.44. The van der Waals surface area contributed by atoms with Crippen LogP contribution in [-0.2, 0) is 18.7 Å². The monoisotopic (exact) mass is 428 g/mol. The fraction of sp³-hybridized carbons (Fsp3) is 0.875. The summed E-state index contributed by atoms with van der Waals surface area (Å²) >= 11 is 0. The van der Waals surface area contributed by atoms with Crippen molar-refractivity contribution in [3.05, 3.63) is 12.7 Å². The lowest BCUT2D eigenvalue weighted by molar-refractivity contribution is -0.229. The van der Waals surface area contributed by atoms with Gasteiger partial charge in [-0.1, -0.05) is 40.7 Å². The second-order valence-corrected chi connectivity index (χ2v) is 15.8. The number of ketones is 1. The molecule has 0 fully saturated rings. The molecule has 0 aliphatic heterocycles. The second kappa shape index (κ2) is 10.7. The average Bonchev–Trinajstić information content (AvgIpc) is 2.55. The number of rotatable bonds is 12. The van der Waals surface area contributed by atoms with E-state index in [1.165, 1.54) is 0 Å². The highest BCUT2D eigenvalue weighted by atomic mass is 28.4. The maximum absolute atomic E-state index is 13.7. The van der Waals surface area contributed by atoms with Gasteiger partial charge >= 0.3 is 0 Å². The molecule has 0 bridgehead atoms. The minimum absolute atomic E-state index is 0.0347. The van der Waals surface area contributed by atoms with E-state index in [0.717, 1.165) is 0 Å². The predicted octanol–water partition coefficient (Wildman–Crippen LogP) is 6.61. The Morgan fingerprint density at radius 2 is 1.31 bits per heavy atom. The Morgan fingerprint density at radius 1 is 0.897 bits per heavy atom. The molecule has 3 unspecified atom stereocenters. The molecule has 0 saturated heterocycles. The van der Waals surface area contributed by atoms with Crippen LogP contribution in [0.2, 0.25) is 18.1 Å². The Morgan fingerprint density at radius 3 is 1.62 bits per heavy atom. The van der Waals surface area contributed by atoms with Gasteiger partial charge in [0.2, 0.25) is 0 Å². The molecule has 3 atom stereocenters. The van der Waals surface area contributed by atoms with Crippen molar-refractivity contribution >= 4 is 14.1 Å². The van der Waals surface area contributed by atoms with Crippen LogP contribution in [0.5, 0.6) is 0 Å². The van der Waals surface area contributed by atoms with E-state index < -0.39 is 20.0 Å². The molecule has 0 aliphatic carbocycles. The van der Waals surface area contributed by atoms with Crippen LogP contribution in [0.25, 0.3) is 0 Å². The Hall–Kier alpha value is -0.493. The largest absolute Gasteiger partial charge is 0.413 e. The van der Waals surface area contributed by atoms with Crippen molar-refractivity contribution in [2.75, 3.05) is 0 Å². The van der Waals surface area contributed by atoms with Gasteiger partial charge < -0.3 is 13.9 Å². The van der Waals surface area contributed by atoms with Gasteiger partial charge in [0.1, 0.15) is 5.78 Å². The van der Waals surface area contributed by atoms with E-state index in [1.54, 1.807) is 0 Å². The van der Waals surface area contributed by atoms with Crippen molar-refractivity contribution in [2.45, 2.75) is 119 Å². The summed E-state index contributed by atoms with van der Waals surface area (Å²) in [5.41, 5.74) is -0.802. The third-order valence-electron chi connectivity index (χ3n) is 6.05. The molecule has 0 heterocycles. The van der Waals surface area contributed by atoms with E-state index in [9.17, 15) is 4.79 Å². The van der Waals surface area contributed by atoms with Crippen LogP contribution >= 0.6 is 0 Å². The molecule has 4 nitrogen and oxygen atoms in total. The van der Waals surface area contributed by atoms with Crippen LogP contribution in [0.4, 0.5) is 0 Å². The van der Waals surface area contributed by atoms with E-state index >= 15 is 0 Å². The first-order valence-electron chi connectivity index (χ1n) is 11.0. The summed E-state index contributed by atoms with van der Waals surface area (Å²) in [7, 11) is -2.06. The van der Waals surface area contributed by atoms with E-state index in [1.807, 2.05) is 54.5 Å². The highest BCUT2D eigenvalue weighted by Gasteiger charge is 2.47. The highest BCUT2D eigenvalue weighted by molar-refractivity contribution is 6.74. The van der Waals surface area contributed by atoms with Gasteiger partial charge in [0.05, 0.1) is 23.7 Å². The SMILES string of the molecule is C=CC(C)C(O[Si](C)(C)C(C)(C)C)C(C)C(=O)C(C)(C)C(OC(C)C)OC(C)C. The minimum Gasteiger partial charge on any atom is -0.413 e. The smallest absolute Gasteiger partial charge is 0.192 e. The highest BCUT2D eigenvalue weighted by Crippen LogP contribution is 2.41. The van der Waals surface area contributed by atoms with Gasteiger partial charge in [-0.3, -0.25) is 4.79 Å². The predicted molar refractivity (Wildman–Crippen MR) is 126 cm³/mol. The maximum atomic E-state index is 13.7. The van der Waals surface area contributed by atoms with Crippen LogP contribution in [0.3, 0.4) is 0 Å². The van der Waals surface area contributed by atoms with E-state index in [4.69, 9.17) is 13.9 Å². The maximum Gasteiger partial charge on any atom is 0.192 e. The van der Waals surface area contributed by atoms with Crippen molar-refractivity contribution in [1.29, 1.82) is 0 Å². The first kappa shape index (κ1) is 28.5. The summed E-state index contributed by atoms with van der Waals surface area (Å²) in [6.45, 7) is 30.8. The molecular formula is C24H48O4Si. The molecule has 0 radical (unpaired) electrons. The third kappa shape index (κ3) is 7.93. The Labute approximate surface area is 181 Å². The van der Waals surface area contributed by atoms with Crippen LogP contribution in [0.15, 0.2) is 12.7 Å². The summed E-state index contributed by atoms with van der Waals surface area (Å²) in [6.07, 6.45) is 0.991. The summed E-state index contributed by atoms with van der Waals surface area (Å²) in [5.74, 6) is -0.142. The molecule has 0 aromatic rings. The molecule has 0 amide bonds. The summed E-state index contributed by atoms with van der Waals surface area (Å²) in [6, 6.07) is 0. The first-order chi connectivity index (χ1) is 12.9. The van der Waals surface area contributed by atoms with Crippen LogP contribution in [0, 0.1) is 17.3 Å². The lowest BCUT2D eigenvalue weighted by Crippen LogP contribution is -2.52. The van der Waals surface area contributed by atoms with Gasteiger partial charge in [-0.15, -0.1) is 6.58 Å². The quantitative estimate of drug-likeness (QED) is 0.199. The standard InChI is InChI=1S/C24H48O4Si/c1-15-18(6)20(28-29(13,14)23(8,9)10)19(7)21(25)24(11,12)22(26-16(2)3)27-17(4)5/h15-20,22H,1H2,2-14H3. The van der Waals surface area contributed by atoms with Crippen molar-refractivity contribution in [2.24, 2.45) is 17.3 Å². The van der Waals surface area contributed by atoms with E-state index in [-0.39, 0.29) is 41.0 Å². The van der Waals surface area contributed by atoms with Gasteiger partial charge in [-0.2, -0.15) is 0 Å². The second-order valence-electron chi connectivity index (χ2n) is 11.0. The lowest BCUT2D eigenvalue weighted by atomic mass is 9.77. The van der Waals surface area contributed by atoms with Gasteiger partial charge in [0.25, 0.3) is 0 Å². The number of hydrogen-bond donors (Lipinski definition) is 0. The van der Waals surface area contributed by atoms with Crippen molar-refractivity contribution in [3.63, 3.8) is 0 Å². The number of Topliss-reactive ketones (excluding diaryl/α,β-unsaturated/α-hetero) is 1. The summed E-state index contributed by atoms with van der Waals surface area (Å²) in [4.78, 5) is 13.7. The van der Waals surface area contributed by atoms with Gasteiger partial charge in [0, 0.05) is 5.92 Å². The molecule has 0 aromatic heterocycles. The van der Waals surface area contributed by atoms with Crippen LogP contribution in [-0.4, -0.2) is 38.7 Å². The van der Waals surface area contributed by atoms with Crippen LogP contribution in [0.1, 0.15) is 76.2 Å². The average molecular weight is 429 g/mol. The van der Waals surface area contributed by atoms with Crippen LogP contribution < -0.4 is 0 Å². The van der Waals surface area contributed by atoms with Crippen molar-refractivity contribution in [3.8, 4) is 0 Å². The molecule has 0 aromatic carbocycles. The zero-order valence-corrected chi connectivity index (χ0v) is 22.4. The van der Waals surface area contributed by atoms with Crippen molar-refractivity contribution in [1.82, 2.24) is 0 Å². The van der Waals surface area contributed by atoms with Crippen molar-refractivity contribution < 1.29 is 18.7 Å². The van der Waals surface area contributed by atoms with Gasteiger partial charge in [0.15, 0.2) is 14.6 Å². The summed E-state index contributed by atoms with van der Waals surface area (Å²) in [5, 5.41) is 0.0640. The topological polar surface area (TPSA) is 44.8 Å². The number of hydrogen-bond acceptors (Lipinski definition) is 4. The van der Waals surface area contributed by atoms with E-state index in [2.05, 4.69) is 47.4 Å².